The highest BCUT2D eigenvalue weighted by Crippen LogP contribution is 2.66. The molecule has 3 heterocycles. The zero-order chi connectivity index (χ0) is 33.9. The van der Waals surface area contributed by atoms with Crippen LogP contribution in [0.3, 0.4) is 0 Å². The number of hydrogen-bond donors (Lipinski definition) is 2. The van der Waals surface area contributed by atoms with E-state index in [-0.39, 0.29) is 39.6 Å². The van der Waals surface area contributed by atoms with Gasteiger partial charge in [-0.2, -0.15) is 13.2 Å². The molecule has 252 valence electrons. The fourth-order valence-corrected chi connectivity index (χ4v) is 12.5. The van der Waals surface area contributed by atoms with Gasteiger partial charge in [-0.05, 0) is 68.4 Å². The molecule has 4 aromatic rings. The van der Waals surface area contributed by atoms with Crippen LogP contribution in [0.25, 0.3) is 21.8 Å². The largest absolute Gasteiger partial charge is 0.417 e. The van der Waals surface area contributed by atoms with Crippen LogP contribution in [0.4, 0.5) is 33.6 Å². The second kappa shape index (κ2) is 10.4. The molecule has 2 aromatic carbocycles. The van der Waals surface area contributed by atoms with Crippen molar-refractivity contribution in [3.8, 4) is 21.8 Å². The fourth-order valence-electron chi connectivity index (χ4n) is 7.59. The van der Waals surface area contributed by atoms with E-state index < -0.39 is 53.8 Å². The van der Waals surface area contributed by atoms with Crippen LogP contribution in [0, 0.1) is 23.0 Å². The number of anilines is 2. The minimum atomic E-state index is -5.24. The molecule has 9 rings (SSSR count). The number of thiazole rings is 1. The van der Waals surface area contributed by atoms with E-state index in [4.69, 9.17) is 4.98 Å². The zero-order valence-electron chi connectivity index (χ0n) is 24.8. The molecule has 1 aliphatic heterocycles. The monoisotopic (exact) mass is 723 g/mol. The average Bonchev–Trinajstić information content (AvgIpc) is 3.34. The Kier molecular flexibility index (Phi) is 6.84. The Morgan fingerprint density at radius 3 is 2.29 bits per heavy atom. The molecule has 1 spiro atoms. The summed E-state index contributed by atoms with van der Waals surface area (Å²) < 4.78 is 123. The summed E-state index contributed by atoms with van der Waals surface area (Å²) in [6.07, 6.45) is 0.522. The van der Waals surface area contributed by atoms with E-state index in [1.54, 1.807) is 6.07 Å². The van der Waals surface area contributed by atoms with Crippen LogP contribution in [0.1, 0.15) is 42.7 Å². The third kappa shape index (κ3) is 5.16. The topological polar surface area (TPSA) is 131 Å². The predicted octanol–water partition coefficient (Wildman–Crippen LogP) is 6.41. The van der Waals surface area contributed by atoms with Gasteiger partial charge in [-0.3, -0.25) is 4.72 Å². The van der Waals surface area contributed by atoms with Crippen molar-refractivity contribution in [3.05, 3.63) is 70.9 Å². The smallest absolute Gasteiger partial charge is 0.351 e. The van der Waals surface area contributed by atoms with E-state index in [0.29, 0.717) is 47.4 Å². The Hall–Kier alpha value is -3.70. The maximum absolute atomic E-state index is 16.3. The van der Waals surface area contributed by atoms with Gasteiger partial charge in [0.15, 0.2) is 15.7 Å². The van der Waals surface area contributed by atoms with Crippen LogP contribution in [0.2, 0.25) is 0 Å². The first-order valence-corrected chi connectivity index (χ1v) is 19.2. The van der Waals surface area contributed by atoms with Gasteiger partial charge in [0.1, 0.15) is 15.7 Å². The van der Waals surface area contributed by atoms with Gasteiger partial charge >= 0.3 is 6.18 Å². The van der Waals surface area contributed by atoms with E-state index in [0.717, 1.165) is 36.4 Å². The molecule has 1 saturated heterocycles. The molecule has 9 nitrogen and oxygen atoms in total. The van der Waals surface area contributed by atoms with Crippen molar-refractivity contribution in [2.24, 2.45) is 11.3 Å². The second-order valence-electron chi connectivity index (χ2n) is 13.4. The number of benzene rings is 2. The van der Waals surface area contributed by atoms with Gasteiger partial charge in [0, 0.05) is 28.6 Å². The molecule has 5 aliphatic rings. The summed E-state index contributed by atoms with van der Waals surface area (Å²) in [7, 11) is -8.20. The number of sulfone groups is 1. The van der Waals surface area contributed by atoms with Crippen LogP contribution in [-0.4, -0.2) is 49.3 Å². The number of hydrogen-bond acceptors (Lipinski definition) is 9. The van der Waals surface area contributed by atoms with Crippen molar-refractivity contribution in [2.75, 3.05) is 21.5 Å². The van der Waals surface area contributed by atoms with Gasteiger partial charge < -0.3 is 5.32 Å². The lowest BCUT2D eigenvalue weighted by atomic mass is 9.45. The molecule has 2 N–H and O–H groups in total. The average molecular weight is 724 g/mol. The molecule has 2 aromatic heterocycles. The maximum Gasteiger partial charge on any atom is 0.417 e. The van der Waals surface area contributed by atoms with Gasteiger partial charge in [0.25, 0.3) is 10.0 Å². The first kappa shape index (κ1) is 31.6. The van der Waals surface area contributed by atoms with Crippen LogP contribution in [0.15, 0.2) is 53.6 Å². The Morgan fingerprint density at radius 1 is 0.938 bits per heavy atom. The molecule has 2 bridgehead atoms. The standard InChI is InChI=1S/C31H26F5N5O4S3/c32-20-5-2-4-19(31(34,35)36)26(20)48(44,45)41-21-6-1-3-18(23(21)33)24-25(46-27(40-24)30-9-16(10-30)11-30)22-7-8-37-28(39-22)38-17-12-29(13-17)14-47(42,43)15-29/h1-8,16-17,41H,9-15H2,(H,37,38,39). The lowest BCUT2D eigenvalue weighted by Gasteiger charge is -2.60. The quantitative estimate of drug-likeness (QED) is 0.200. The summed E-state index contributed by atoms with van der Waals surface area (Å²) in [6, 6.07) is 7.11. The molecule has 48 heavy (non-hydrogen) atoms. The number of halogens is 5. The number of rotatable bonds is 8. The van der Waals surface area contributed by atoms with Crippen LogP contribution >= 0.6 is 11.3 Å². The minimum absolute atomic E-state index is 0.0116. The Morgan fingerprint density at radius 2 is 1.65 bits per heavy atom. The minimum Gasteiger partial charge on any atom is -0.351 e. The number of aromatic nitrogens is 3. The fraction of sp³-hybridized carbons (Fsp3) is 0.387. The lowest BCUT2D eigenvalue weighted by molar-refractivity contribution is -0.140. The van der Waals surface area contributed by atoms with Crippen LogP contribution in [-0.2, 0) is 31.5 Å². The highest BCUT2D eigenvalue weighted by molar-refractivity contribution is 7.93. The number of nitrogens with zero attached hydrogens (tertiary/aromatic N) is 3. The zero-order valence-corrected chi connectivity index (χ0v) is 27.3. The molecule has 0 amide bonds. The van der Waals surface area contributed by atoms with Gasteiger partial charge in [-0.15, -0.1) is 11.3 Å². The van der Waals surface area contributed by atoms with Crippen molar-refractivity contribution in [3.63, 3.8) is 0 Å². The number of sulfonamides is 1. The summed E-state index contributed by atoms with van der Waals surface area (Å²) in [6.45, 7) is 0. The van der Waals surface area contributed by atoms with E-state index in [9.17, 15) is 34.4 Å². The molecule has 0 atom stereocenters. The van der Waals surface area contributed by atoms with Crippen LogP contribution < -0.4 is 10.0 Å². The molecule has 5 fully saturated rings. The SMILES string of the molecule is O=S1(=O)CC2(CC(Nc3nccc(-c4sc(C56CC(C5)C6)nc4-c4cccc(NS(=O)(=O)c5c(F)cccc5C(F)(F)F)c4F)n3)C2)C1. The molecular weight excluding hydrogens is 698 g/mol. The van der Waals surface area contributed by atoms with Crippen molar-refractivity contribution in [1.82, 2.24) is 15.0 Å². The Bertz CT molecular complexity index is 2190. The summed E-state index contributed by atoms with van der Waals surface area (Å²) in [5, 5.41) is 4.03. The Balaban J connectivity index is 1.13. The summed E-state index contributed by atoms with van der Waals surface area (Å²) >= 11 is 1.34. The third-order valence-corrected chi connectivity index (χ3v) is 14.7. The Labute approximate surface area is 276 Å². The molecule has 0 radical (unpaired) electrons. The number of alkyl halides is 3. The lowest BCUT2D eigenvalue weighted by Crippen LogP contribution is -2.60. The van der Waals surface area contributed by atoms with Gasteiger partial charge in [-0.1, -0.05) is 12.1 Å². The highest BCUT2D eigenvalue weighted by Gasteiger charge is 2.59. The van der Waals surface area contributed by atoms with Crippen LogP contribution in [0.5, 0.6) is 0 Å². The van der Waals surface area contributed by atoms with Gasteiger partial charge in [-0.25, -0.2) is 40.6 Å². The van der Waals surface area contributed by atoms with Crippen molar-refractivity contribution >= 4 is 42.8 Å². The molecule has 0 unspecified atom stereocenters. The summed E-state index contributed by atoms with van der Waals surface area (Å²) in [5.74, 6) is -1.47. The maximum atomic E-state index is 16.3. The molecule has 4 saturated carbocycles. The molecular formula is C31H26F5N5O4S3. The van der Waals surface area contributed by atoms with Crippen molar-refractivity contribution < 1.29 is 38.8 Å². The predicted molar refractivity (Wildman–Crippen MR) is 167 cm³/mol. The summed E-state index contributed by atoms with van der Waals surface area (Å²) in [5.41, 5.74) is -2.26. The second-order valence-corrected chi connectivity index (χ2v) is 18.1. The third-order valence-electron chi connectivity index (χ3n) is 9.79. The normalized spacial score (nSPS) is 23.8. The van der Waals surface area contributed by atoms with E-state index in [2.05, 4.69) is 15.3 Å². The van der Waals surface area contributed by atoms with E-state index in [1.807, 2.05) is 4.72 Å². The van der Waals surface area contributed by atoms with Gasteiger partial charge in [0.2, 0.25) is 5.95 Å². The summed E-state index contributed by atoms with van der Waals surface area (Å²) in [4.78, 5) is 12.7. The van der Waals surface area contributed by atoms with E-state index in [1.165, 1.54) is 29.7 Å². The van der Waals surface area contributed by atoms with Crippen molar-refractivity contribution in [2.45, 2.75) is 54.6 Å². The van der Waals surface area contributed by atoms with E-state index >= 15 is 4.39 Å². The first-order chi connectivity index (χ1) is 22.6. The molecule has 4 aliphatic carbocycles. The highest BCUT2D eigenvalue weighted by atomic mass is 32.2. The van der Waals surface area contributed by atoms with Crippen molar-refractivity contribution in [1.29, 1.82) is 0 Å². The molecule has 17 heteroatoms. The van der Waals surface area contributed by atoms with Gasteiger partial charge in [0.05, 0.1) is 39.0 Å². The number of nitrogens with one attached hydrogen (secondary N) is 2. The first-order valence-electron chi connectivity index (χ1n) is 15.0.